The number of nitrogens with zero attached hydrogens (tertiary/aromatic N) is 2. The van der Waals surface area contributed by atoms with Gasteiger partial charge < -0.3 is 0 Å². The van der Waals surface area contributed by atoms with Crippen LogP contribution in [-0.2, 0) is 10.8 Å². The molecule has 0 radical (unpaired) electrons. The first kappa shape index (κ1) is 17.9. The Kier molecular flexibility index (Phi) is 3.65. The smallest absolute Gasteiger partial charge is 0.161 e. The van der Waals surface area contributed by atoms with E-state index in [4.69, 9.17) is 0 Å². The molecular weight excluding hydrogens is 342 g/mol. The number of benzene rings is 2. The molecule has 0 aliphatic heterocycles. The summed E-state index contributed by atoms with van der Waals surface area (Å²) in [7, 11) is 0. The van der Waals surface area contributed by atoms with Crippen LogP contribution in [0.5, 0.6) is 0 Å². The summed E-state index contributed by atoms with van der Waals surface area (Å²) < 4.78 is 29.7. The lowest BCUT2D eigenvalue weighted by molar-refractivity contribution is 0.510. The lowest BCUT2D eigenvalue weighted by atomic mass is 9.85. The number of rotatable bonds is 0. The third kappa shape index (κ3) is 2.78. The van der Waals surface area contributed by atoms with Crippen molar-refractivity contribution in [1.29, 1.82) is 0 Å². The predicted molar refractivity (Wildman–Crippen MR) is 108 cm³/mol. The topological polar surface area (TPSA) is 17.3 Å². The van der Waals surface area contributed by atoms with Gasteiger partial charge in [-0.1, -0.05) is 59.7 Å². The fourth-order valence-corrected chi connectivity index (χ4v) is 3.61. The van der Waals surface area contributed by atoms with E-state index < -0.39 is 11.6 Å². The maximum absolute atomic E-state index is 14.0. The van der Waals surface area contributed by atoms with Crippen molar-refractivity contribution in [1.82, 2.24) is 9.38 Å². The molecule has 140 valence electrons. The molecule has 27 heavy (non-hydrogen) atoms. The number of fused-ring (bicyclic) bond motifs is 5. The summed E-state index contributed by atoms with van der Waals surface area (Å²) in [6.07, 6.45) is 0. The minimum atomic E-state index is -0.873. The second-order valence-corrected chi connectivity index (χ2v) is 9.36. The third-order valence-corrected chi connectivity index (χ3v) is 5.16. The second-order valence-electron chi connectivity index (χ2n) is 9.36. The van der Waals surface area contributed by atoms with E-state index in [1.807, 2.05) is 4.40 Å². The number of aromatic nitrogens is 2. The maximum Gasteiger partial charge on any atom is 0.161 e. The highest BCUT2D eigenvalue weighted by atomic mass is 19.2. The molecule has 0 atom stereocenters. The first-order valence-electron chi connectivity index (χ1n) is 9.22. The van der Waals surface area contributed by atoms with Gasteiger partial charge in [-0.25, -0.2) is 13.8 Å². The van der Waals surface area contributed by atoms with Crippen molar-refractivity contribution >= 4 is 27.5 Å². The molecule has 2 aromatic carbocycles. The van der Waals surface area contributed by atoms with Crippen LogP contribution < -0.4 is 0 Å². The Bertz CT molecular complexity index is 1200. The van der Waals surface area contributed by atoms with E-state index in [1.165, 1.54) is 17.7 Å². The van der Waals surface area contributed by atoms with Gasteiger partial charge in [0.25, 0.3) is 0 Å². The zero-order chi connectivity index (χ0) is 19.7. The lowest BCUT2D eigenvalue weighted by Gasteiger charge is -2.24. The van der Waals surface area contributed by atoms with Crippen molar-refractivity contribution in [2.75, 3.05) is 0 Å². The fraction of sp³-hybridized carbons (Fsp3) is 0.348. The minimum absolute atomic E-state index is 0.0363. The van der Waals surface area contributed by atoms with Gasteiger partial charge in [-0.15, -0.1) is 0 Å². The van der Waals surface area contributed by atoms with Gasteiger partial charge in [0.2, 0.25) is 0 Å². The third-order valence-electron chi connectivity index (χ3n) is 5.16. The number of pyridine rings is 1. The fourth-order valence-electron chi connectivity index (χ4n) is 3.61. The highest BCUT2D eigenvalue weighted by molar-refractivity contribution is 5.99. The van der Waals surface area contributed by atoms with Gasteiger partial charge in [-0.05, 0) is 22.4 Å². The van der Waals surface area contributed by atoms with E-state index in [0.717, 1.165) is 22.1 Å². The van der Waals surface area contributed by atoms with E-state index >= 15 is 0 Å². The first-order valence-corrected chi connectivity index (χ1v) is 9.22. The van der Waals surface area contributed by atoms with Crippen LogP contribution in [-0.4, -0.2) is 9.38 Å². The Hall–Kier alpha value is -2.49. The monoisotopic (exact) mass is 366 g/mol. The lowest BCUT2D eigenvalue weighted by Crippen LogP contribution is -2.17. The Labute approximate surface area is 157 Å². The zero-order valence-corrected chi connectivity index (χ0v) is 16.6. The molecule has 2 heterocycles. The Morgan fingerprint density at radius 1 is 0.815 bits per heavy atom. The van der Waals surface area contributed by atoms with Gasteiger partial charge in [0.05, 0.1) is 11.0 Å². The van der Waals surface area contributed by atoms with Crippen LogP contribution in [0.15, 0.2) is 36.4 Å². The average molecular weight is 366 g/mol. The van der Waals surface area contributed by atoms with Gasteiger partial charge in [-0.3, -0.25) is 4.40 Å². The summed E-state index contributed by atoms with van der Waals surface area (Å²) in [6.45, 7) is 12.9. The molecule has 0 fully saturated rings. The van der Waals surface area contributed by atoms with Crippen LogP contribution in [0, 0.1) is 11.6 Å². The van der Waals surface area contributed by atoms with E-state index in [0.29, 0.717) is 11.0 Å². The van der Waals surface area contributed by atoms with Crippen LogP contribution in [0.25, 0.3) is 27.5 Å². The number of halogens is 2. The summed E-state index contributed by atoms with van der Waals surface area (Å²) in [6, 6.07) is 11.0. The van der Waals surface area contributed by atoms with Crippen molar-refractivity contribution in [3.05, 3.63) is 59.3 Å². The van der Waals surface area contributed by atoms with E-state index in [1.54, 1.807) is 0 Å². The maximum atomic E-state index is 14.0. The predicted octanol–water partition coefficient (Wildman–Crippen LogP) is 6.51. The highest BCUT2D eigenvalue weighted by Gasteiger charge is 2.23. The average Bonchev–Trinajstić information content (AvgIpc) is 2.90. The summed E-state index contributed by atoms with van der Waals surface area (Å²) in [5.74, 6) is -1.73. The molecule has 2 nitrogen and oxygen atoms in total. The summed E-state index contributed by atoms with van der Waals surface area (Å²) >= 11 is 0. The van der Waals surface area contributed by atoms with Gasteiger partial charge in [0.15, 0.2) is 11.6 Å². The Morgan fingerprint density at radius 2 is 1.48 bits per heavy atom. The standard InChI is InChI=1S/C23H24F2N2/c1-22(2,3)14-7-8-15-13(9-14)10-20(23(4,5)6)27-19-12-17(25)16(24)11-18(19)26-21(15)27/h7-12H,1-6H3. The Balaban J connectivity index is 2.22. The molecule has 4 rings (SSSR count). The molecule has 4 aromatic rings. The Morgan fingerprint density at radius 3 is 2.11 bits per heavy atom. The van der Waals surface area contributed by atoms with Crippen LogP contribution in [0.1, 0.15) is 52.8 Å². The number of imidazole rings is 1. The van der Waals surface area contributed by atoms with Crippen molar-refractivity contribution in [2.45, 2.75) is 52.4 Å². The van der Waals surface area contributed by atoms with Crippen LogP contribution in [0.4, 0.5) is 8.78 Å². The van der Waals surface area contributed by atoms with Crippen LogP contribution in [0.3, 0.4) is 0 Å². The van der Waals surface area contributed by atoms with Crippen molar-refractivity contribution in [3.8, 4) is 0 Å². The first-order chi connectivity index (χ1) is 12.5. The van der Waals surface area contributed by atoms with Crippen molar-refractivity contribution in [3.63, 3.8) is 0 Å². The molecule has 4 heteroatoms. The molecule has 0 saturated carbocycles. The van der Waals surface area contributed by atoms with Crippen LogP contribution in [0.2, 0.25) is 0 Å². The highest BCUT2D eigenvalue weighted by Crippen LogP contribution is 2.35. The van der Waals surface area contributed by atoms with Gasteiger partial charge in [0, 0.05) is 28.6 Å². The summed E-state index contributed by atoms with van der Waals surface area (Å²) in [5, 5.41) is 2.07. The quantitative estimate of drug-likeness (QED) is 0.346. The second kappa shape index (κ2) is 5.51. The molecule has 0 unspecified atom stereocenters. The molecule has 2 aromatic heterocycles. The summed E-state index contributed by atoms with van der Waals surface area (Å²) in [5.41, 5.74) is 3.90. The minimum Gasteiger partial charge on any atom is -0.295 e. The largest absolute Gasteiger partial charge is 0.295 e. The number of hydrogen-bond donors (Lipinski definition) is 0. The number of hydrogen-bond acceptors (Lipinski definition) is 1. The molecule has 0 amide bonds. The normalized spacial score (nSPS) is 13.2. The molecule has 0 aliphatic carbocycles. The molecule has 0 aliphatic rings. The summed E-state index contributed by atoms with van der Waals surface area (Å²) in [4.78, 5) is 4.67. The van der Waals surface area contributed by atoms with E-state index in [9.17, 15) is 8.78 Å². The van der Waals surface area contributed by atoms with Gasteiger partial charge in [0.1, 0.15) is 5.65 Å². The molecular formula is C23H24F2N2. The zero-order valence-electron chi connectivity index (χ0n) is 16.6. The van der Waals surface area contributed by atoms with E-state index in [-0.39, 0.29) is 10.8 Å². The van der Waals surface area contributed by atoms with Crippen LogP contribution >= 0.6 is 0 Å². The molecule has 0 bridgehead atoms. The van der Waals surface area contributed by atoms with Gasteiger partial charge >= 0.3 is 0 Å². The van der Waals surface area contributed by atoms with Crippen molar-refractivity contribution in [2.24, 2.45) is 0 Å². The molecule has 0 saturated heterocycles. The van der Waals surface area contributed by atoms with Gasteiger partial charge in [-0.2, -0.15) is 0 Å². The van der Waals surface area contributed by atoms with E-state index in [2.05, 4.69) is 70.8 Å². The molecule has 0 spiro atoms. The SMILES string of the molecule is CC(C)(C)c1ccc2c(c1)cc(C(C)(C)C)n1c3cc(F)c(F)cc3nc21. The van der Waals surface area contributed by atoms with Crippen molar-refractivity contribution < 1.29 is 8.78 Å². The molecule has 0 N–H and O–H groups in total.